The highest BCUT2D eigenvalue weighted by molar-refractivity contribution is 5.68. The van der Waals surface area contributed by atoms with E-state index in [2.05, 4.69) is 18.7 Å². The molecule has 0 aliphatic carbocycles. The zero-order valence-corrected chi connectivity index (χ0v) is 12.7. The van der Waals surface area contributed by atoms with E-state index < -0.39 is 5.60 Å². The van der Waals surface area contributed by atoms with Gasteiger partial charge in [-0.3, -0.25) is 4.90 Å². The lowest BCUT2D eigenvalue weighted by molar-refractivity contribution is -0.111. The van der Waals surface area contributed by atoms with Gasteiger partial charge in [0, 0.05) is 25.2 Å². The SMILES string of the molecule is CC1CN(C(=O)OC(C)(C)C)CC(C)N1C1COC1. The topological polar surface area (TPSA) is 42.0 Å². The molecule has 0 saturated carbocycles. The number of carbonyl (C=O) groups excluding carboxylic acids is 1. The van der Waals surface area contributed by atoms with Gasteiger partial charge in [0.15, 0.2) is 0 Å². The summed E-state index contributed by atoms with van der Waals surface area (Å²) in [4.78, 5) is 16.4. The van der Waals surface area contributed by atoms with Crippen molar-refractivity contribution in [2.24, 2.45) is 0 Å². The van der Waals surface area contributed by atoms with Crippen molar-refractivity contribution in [2.45, 2.75) is 58.3 Å². The molecule has 2 aliphatic rings. The van der Waals surface area contributed by atoms with Crippen LogP contribution in [0.3, 0.4) is 0 Å². The first-order chi connectivity index (χ1) is 8.78. The molecular formula is C14H26N2O3. The fourth-order valence-corrected chi connectivity index (χ4v) is 2.93. The van der Waals surface area contributed by atoms with Gasteiger partial charge in [-0.25, -0.2) is 4.79 Å². The van der Waals surface area contributed by atoms with Crippen LogP contribution in [0.4, 0.5) is 4.79 Å². The van der Waals surface area contributed by atoms with E-state index in [-0.39, 0.29) is 6.09 Å². The number of rotatable bonds is 1. The first-order valence-electron chi connectivity index (χ1n) is 7.11. The fourth-order valence-electron chi connectivity index (χ4n) is 2.93. The minimum Gasteiger partial charge on any atom is -0.444 e. The van der Waals surface area contributed by atoms with Gasteiger partial charge in [0.2, 0.25) is 0 Å². The first kappa shape index (κ1) is 14.6. The van der Waals surface area contributed by atoms with Crippen LogP contribution in [0, 0.1) is 0 Å². The summed E-state index contributed by atoms with van der Waals surface area (Å²) in [7, 11) is 0. The largest absolute Gasteiger partial charge is 0.444 e. The van der Waals surface area contributed by atoms with E-state index in [1.165, 1.54) is 0 Å². The van der Waals surface area contributed by atoms with E-state index in [1.807, 2.05) is 25.7 Å². The zero-order valence-electron chi connectivity index (χ0n) is 12.7. The summed E-state index contributed by atoms with van der Waals surface area (Å²) < 4.78 is 10.7. The van der Waals surface area contributed by atoms with E-state index in [9.17, 15) is 4.79 Å². The number of hydrogen-bond donors (Lipinski definition) is 0. The second-order valence-corrected chi connectivity index (χ2v) is 6.72. The summed E-state index contributed by atoms with van der Waals surface area (Å²) in [5, 5.41) is 0. The second kappa shape index (κ2) is 5.29. The van der Waals surface area contributed by atoms with Crippen LogP contribution in [0.2, 0.25) is 0 Å². The minimum absolute atomic E-state index is 0.198. The minimum atomic E-state index is -0.428. The number of hydrogen-bond acceptors (Lipinski definition) is 4. The Balaban J connectivity index is 1.94. The summed E-state index contributed by atoms with van der Waals surface area (Å²) in [6.45, 7) is 13.2. The van der Waals surface area contributed by atoms with Crippen molar-refractivity contribution in [3.8, 4) is 0 Å². The summed E-state index contributed by atoms with van der Waals surface area (Å²) in [6.07, 6.45) is -0.198. The summed E-state index contributed by atoms with van der Waals surface area (Å²) in [6, 6.07) is 1.22. The Hall–Kier alpha value is -0.810. The molecule has 5 nitrogen and oxygen atoms in total. The third kappa shape index (κ3) is 3.39. The Morgan fingerprint density at radius 2 is 1.68 bits per heavy atom. The molecule has 2 saturated heterocycles. The van der Waals surface area contributed by atoms with Crippen LogP contribution in [0.25, 0.3) is 0 Å². The molecule has 2 aliphatic heterocycles. The van der Waals surface area contributed by atoms with E-state index in [0.29, 0.717) is 18.1 Å². The average Bonchev–Trinajstić information content (AvgIpc) is 2.17. The monoisotopic (exact) mass is 270 g/mol. The summed E-state index contributed by atoms with van der Waals surface area (Å²) in [5.74, 6) is 0. The van der Waals surface area contributed by atoms with Gasteiger partial charge in [-0.05, 0) is 34.6 Å². The molecule has 1 amide bonds. The van der Waals surface area contributed by atoms with Gasteiger partial charge in [-0.1, -0.05) is 0 Å². The highest BCUT2D eigenvalue weighted by atomic mass is 16.6. The molecule has 0 bridgehead atoms. The molecule has 0 aromatic carbocycles. The molecule has 19 heavy (non-hydrogen) atoms. The first-order valence-corrected chi connectivity index (χ1v) is 7.11. The molecule has 5 heteroatoms. The predicted molar refractivity (Wildman–Crippen MR) is 73.2 cm³/mol. The summed E-state index contributed by atoms with van der Waals surface area (Å²) >= 11 is 0. The Kier molecular flexibility index (Phi) is 4.06. The molecule has 2 fully saturated rings. The molecule has 0 spiro atoms. The van der Waals surface area contributed by atoms with Crippen LogP contribution in [-0.4, -0.2) is 65.9 Å². The Bertz CT molecular complexity index is 324. The van der Waals surface area contributed by atoms with Gasteiger partial charge in [0.05, 0.1) is 19.3 Å². The van der Waals surface area contributed by atoms with Crippen LogP contribution in [0.15, 0.2) is 0 Å². The van der Waals surface area contributed by atoms with Crippen molar-refractivity contribution < 1.29 is 14.3 Å². The van der Waals surface area contributed by atoms with Crippen LogP contribution in [0.1, 0.15) is 34.6 Å². The smallest absolute Gasteiger partial charge is 0.410 e. The molecule has 0 aromatic rings. The third-order valence-corrected chi connectivity index (χ3v) is 3.68. The molecule has 2 atom stereocenters. The van der Waals surface area contributed by atoms with Crippen LogP contribution in [0.5, 0.6) is 0 Å². The number of piperazine rings is 1. The van der Waals surface area contributed by atoms with Gasteiger partial charge in [-0.2, -0.15) is 0 Å². The number of ether oxygens (including phenoxy) is 2. The maximum atomic E-state index is 12.1. The molecule has 110 valence electrons. The molecule has 0 N–H and O–H groups in total. The quantitative estimate of drug-likeness (QED) is 0.727. The number of carbonyl (C=O) groups is 1. The maximum Gasteiger partial charge on any atom is 0.410 e. The lowest BCUT2D eigenvalue weighted by Gasteiger charge is -2.50. The van der Waals surface area contributed by atoms with Crippen molar-refractivity contribution >= 4 is 6.09 Å². The predicted octanol–water partition coefficient (Wildman–Crippen LogP) is 1.71. The highest BCUT2D eigenvalue weighted by Gasteiger charge is 2.39. The van der Waals surface area contributed by atoms with Gasteiger partial charge in [0.25, 0.3) is 0 Å². The molecule has 2 heterocycles. The van der Waals surface area contributed by atoms with Crippen molar-refractivity contribution in [2.75, 3.05) is 26.3 Å². The normalized spacial score (nSPS) is 30.1. The van der Waals surface area contributed by atoms with Gasteiger partial charge >= 0.3 is 6.09 Å². The number of amides is 1. The Labute approximate surface area is 115 Å². The van der Waals surface area contributed by atoms with Crippen LogP contribution in [-0.2, 0) is 9.47 Å². The second-order valence-electron chi connectivity index (χ2n) is 6.72. The van der Waals surface area contributed by atoms with Crippen molar-refractivity contribution in [3.63, 3.8) is 0 Å². The lowest BCUT2D eigenvalue weighted by Crippen LogP contribution is -2.65. The lowest BCUT2D eigenvalue weighted by atomic mass is 10.0. The van der Waals surface area contributed by atoms with Crippen molar-refractivity contribution in [1.82, 2.24) is 9.80 Å². The Morgan fingerprint density at radius 3 is 2.05 bits per heavy atom. The standard InChI is InChI=1S/C14H26N2O3/c1-10-6-15(13(17)19-14(3,4)5)7-11(2)16(10)12-8-18-9-12/h10-12H,6-9H2,1-5H3. The van der Waals surface area contributed by atoms with E-state index in [1.54, 1.807) is 0 Å². The van der Waals surface area contributed by atoms with E-state index in [0.717, 1.165) is 26.3 Å². The van der Waals surface area contributed by atoms with Crippen molar-refractivity contribution in [3.05, 3.63) is 0 Å². The van der Waals surface area contributed by atoms with Gasteiger partial charge in [0.1, 0.15) is 5.60 Å². The maximum absolute atomic E-state index is 12.1. The van der Waals surface area contributed by atoms with Gasteiger partial charge in [-0.15, -0.1) is 0 Å². The van der Waals surface area contributed by atoms with Crippen LogP contribution < -0.4 is 0 Å². The van der Waals surface area contributed by atoms with Gasteiger partial charge < -0.3 is 14.4 Å². The molecule has 2 rings (SSSR count). The summed E-state index contributed by atoms with van der Waals surface area (Å²) in [5.41, 5.74) is -0.428. The molecule has 0 aromatic heterocycles. The molecular weight excluding hydrogens is 244 g/mol. The van der Waals surface area contributed by atoms with E-state index >= 15 is 0 Å². The highest BCUT2D eigenvalue weighted by Crippen LogP contribution is 2.24. The van der Waals surface area contributed by atoms with Crippen molar-refractivity contribution in [1.29, 1.82) is 0 Å². The zero-order chi connectivity index (χ0) is 14.2. The van der Waals surface area contributed by atoms with Crippen LogP contribution >= 0.6 is 0 Å². The fraction of sp³-hybridized carbons (Fsp3) is 0.929. The Morgan fingerprint density at radius 1 is 1.16 bits per heavy atom. The third-order valence-electron chi connectivity index (χ3n) is 3.68. The molecule has 2 unspecified atom stereocenters. The van der Waals surface area contributed by atoms with E-state index in [4.69, 9.17) is 9.47 Å². The average molecular weight is 270 g/mol. The number of nitrogens with zero attached hydrogens (tertiary/aromatic N) is 2. The molecule has 0 radical (unpaired) electrons.